The van der Waals surface area contributed by atoms with Gasteiger partial charge in [-0.1, -0.05) is 19.9 Å². The Morgan fingerprint density at radius 1 is 1.17 bits per heavy atom. The van der Waals surface area contributed by atoms with E-state index in [1.165, 1.54) is 0 Å². The highest BCUT2D eigenvalue weighted by atomic mass is 32.1. The van der Waals surface area contributed by atoms with Gasteiger partial charge >= 0.3 is 0 Å². The average Bonchev–Trinajstić information content (AvgIpc) is 3.65. The molecule has 0 unspecified atom stereocenters. The van der Waals surface area contributed by atoms with Gasteiger partial charge in [0.25, 0.3) is 5.91 Å². The maximum absolute atomic E-state index is 13.4. The molecule has 0 saturated carbocycles. The van der Waals surface area contributed by atoms with Crippen LogP contribution in [0.4, 0.5) is 10.2 Å². The Morgan fingerprint density at radius 2 is 2.00 bits per heavy atom. The molecule has 0 bridgehead atoms. The van der Waals surface area contributed by atoms with Crippen molar-refractivity contribution in [2.45, 2.75) is 39.3 Å². The number of likely N-dealkylation sites (N-methyl/N-ethyl adjacent to an activating group) is 1. The number of halogens is 1. The predicted octanol–water partition coefficient (Wildman–Crippen LogP) is 3.64. The number of thiophene rings is 1. The summed E-state index contributed by atoms with van der Waals surface area (Å²) < 4.78 is 14.4. The molecule has 4 aromatic rings. The summed E-state index contributed by atoms with van der Waals surface area (Å²) in [6.45, 7) is 8.52. The van der Waals surface area contributed by atoms with E-state index in [1.807, 2.05) is 34.7 Å². The lowest BCUT2D eigenvalue weighted by Crippen LogP contribution is -2.57. The standard InChI is InChI=1S/C29H35FN8O2S/c1-4-36(5-2)19(3)17-32-28(39)20-15-23(34-26(16-20)37-12-9-24(37)29(40)31-11-10-30)21-18-33-38-13-8-22(35-27(21)38)25-7-6-14-41-25/h6-8,13-16,18-19,24H,4-5,9-12,17H2,1-3H3,(H,31,40)(H,32,39)/t19-,24-/m0/s1. The van der Waals surface area contributed by atoms with E-state index in [0.717, 1.165) is 23.7 Å². The molecule has 2 amide bonds. The lowest BCUT2D eigenvalue weighted by molar-refractivity contribution is -0.123. The molecular weight excluding hydrogens is 543 g/mol. The van der Waals surface area contributed by atoms with Gasteiger partial charge in [0, 0.05) is 37.4 Å². The highest BCUT2D eigenvalue weighted by Gasteiger charge is 2.35. The maximum atomic E-state index is 13.4. The van der Waals surface area contributed by atoms with Crippen molar-refractivity contribution in [1.82, 2.24) is 35.1 Å². The molecule has 5 rings (SSSR count). The van der Waals surface area contributed by atoms with E-state index in [2.05, 4.69) is 41.4 Å². The number of fused-ring (bicyclic) bond motifs is 1. The molecule has 5 heterocycles. The van der Waals surface area contributed by atoms with E-state index in [1.54, 1.807) is 34.2 Å². The summed E-state index contributed by atoms with van der Waals surface area (Å²) >= 11 is 1.60. The molecule has 0 radical (unpaired) electrons. The van der Waals surface area contributed by atoms with E-state index < -0.39 is 12.7 Å². The minimum absolute atomic E-state index is 0.0321. The molecule has 1 aliphatic rings. The quantitative estimate of drug-likeness (QED) is 0.264. The van der Waals surface area contributed by atoms with Crippen LogP contribution in [0.1, 0.15) is 37.6 Å². The number of amides is 2. The third-order valence-corrected chi connectivity index (χ3v) is 8.39. The summed E-state index contributed by atoms with van der Waals surface area (Å²) in [6, 6.07) is 9.06. The Hall–Kier alpha value is -3.90. The zero-order chi connectivity index (χ0) is 28.9. The van der Waals surface area contributed by atoms with Gasteiger partial charge in [-0.2, -0.15) is 5.10 Å². The van der Waals surface area contributed by atoms with Gasteiger partial charge in [-0.25, -0.2) is 18.9 Å². The zero-order valence-electron chi connectivity index (χ0n) is 23.5. The molecule has 1 aliphatic heterocycles. The first-order valence-electron chi connectivity index (χ1n) is 14.0. The van der Waals surface area contributed by atoms with Crippen LogP contribution in [0.15, 0.2) is 48.1 Å². The third-order valence-electron chi connectivity index (χ3n) is 7.50. The van der Waals surface area contributed by atoms with Crippen molar-refractivity contribution < 1.29 is 14.0 Å². The third kappa shape index (κ3) is 6.08. The van der Waals surface area contributed by atoms with Crippen LogP contribution in [-0.2, 0) is 4.79 Å². The Labute approximate surface area is 242 Å². The predicted molar refractivity (Wildman–Crippen MR) is 159 cm³/mol. The number of nitrogens with zero attached hydrogens (tertiary/aromatic N) is 6. The molecule has 41 heavy (non-hydrogen) atoms. The van der Waals surface area contributed by atoms with Crippen molar-refractivity contribution in [3.63, 3.8) is 0 Å². The van der Waals surface area contributed by atoms with Crippen LogP contribution in [0.5, 0.6) is 0 Å². The molecule has 1 saturated heterocycles. The first-order valence-corrected chi connectivity index (χ1v) is 14.8. The monoisotopic (exact) mass is 578 g/mol. The average molecular weight is 579 g/mol. The second kappa shape index (κ2) is 12.7. The van der Waals surface area contributed by atoms with Crippen molar-refractivity contribution in [1.29, 1.82) is 0 Å². The van der Waals surface area contributed by atoms with Crippen molar-refractivity contribution >= 4 is 34.6 Å². The number of hydrogen-bond donors (Lipinski definition) is 2. The molecule has 0 spiro atoms. The van der Waals surface area contributed by atoms with E-state index in [0.29, 0.717) is 47.8 Å². The molecule has 0 aliphatic carbocycles. The van der Waals surface area contributed by atoms with Crippen LogP contribution in [0, 0.1) is 0 Å². The van der Waals surface area contributed by atoms with Gasteiger partial charge in [-0.05, 0) is 56.1 Å². The molecule has 216 valence electrons. The number of carbonyl (C=O) groups is 2. The highest BCUT2D eigenvalue weighted by Crippen LogP contribution is 2.31. The summed E-state index contributed by atoms with van der Waals surface area (Å²) in [4.78, 5) is 41.0. The first-order chi connectivity index (χ1) is 19.9. The largest absolute Gasteiger partial charge is 0.352 e. The second-order valence-electron chi connectivity index (χ2n) is 9.97. The Kier molecular flexibility index (Phi) is 8.89. The Balaban J connectivity index is 1.51. The molecule has 4 aromatic heterocycles. The fourth-order valence-corrected chi connectivity index (χ4v) is 5.78. The van der Waals surface area contributed by atoms with Gasteiger partial charge < -0.3 is 15.5 Å². The van der Waals surface area contributed by atoms with Crippen LogP contribution in [-0.4, -0.2) is 87.8 Å². The molecule has 0 aromatic carbocycles. The summed E-state index contributed by atoms with van der Waals surface area (Å²) in [5.41, 5.74) is 3.07. The van der Waals surface area contributed by atoms with Crippen molar-refractivity contribution in [2.75, 3.05) is 44.3 Å². The Morgan fingerprint density at radius 3 is 2.68 bits per heavy atom. The normalized spacial score (nSPS) is 15.6. The van der Waals surface area contributed by atoms with Gasteiger partial charge in [-0.15, -0.1) is 11.3 Å². The number of rotatable bonds is 12. The second-order valence-corrected chi connectivity index (χ2v) is 10.9. The minimum Gasteiger partial charge on any atom is -0.352 e. The van der Waals surface area contributed by atoms with E-state index in [4.69, 9.17) is 9.97 Å². The SMILES string of the molecule is CCN(CC)[C@@H](C)CNC(=O)c1cc(-c2cnn3ccc(-c4cccs4)nc23)nc(N2CC[C@H]2C(=O)NCCF)c1. The van der Waals surface area contributed by atoms with Crippen LogP contribution in [0.3, 0.4) is 0 Å². The van der Waals surface area contributed by atoms with Gasteiger partial charge in [0.05, 0.1) is 28.0 Å². The van der Waals surface area contributed by atoms with Crippen LogP contribution < -0.4 is 15.5 Å². The molecule has 2 N–H and O–H groups in total. The number of hydrogen-bond acceptors (Lipinski definition) is 8. The van der Waals surface area contributed by atoms with Crippen molar-refractivity contribution in [3.8, 4) is 21.8 Å². The van der Waals surface area contributed by atoms with E-state index >= 15 is 0 Å². The summed E-state index contributed by atoms with van der Waals surface area (Å²) in [5, 5.41) is 12.2. The summed E-state index contributed by atoms with van der Waals surface area (Å²) in [5.74, 6) is 0.0276. The minimum atomic E-state index is -0.627. The van der Waals surface area contributed by atoms with Crippen molar-refractivity contribution in [3.05, 3.63) is 53.7 Å². The first kappa shape index (κ1) is 28.6. The van der Waals surface area contributed by atoms with E-state index in [9.17, 15) is 14.0 Å². The Bertz CT molecular complexity index is 1500. The number of pyridine rings is 1. The van der Waals surface area contributed by atoms with Gasteiger partial charge in [-0.3, -0.25) is 14.5 Å². The summed E-state index contributed by atoms with van der Waals surface area (Å²) in [6.07, 6.45) is 4.17. The van der Waals surface area contributed by atoms with E-state index in [-0.39, 0.29) is 24.4 Å². The number of anilines is 1. The van der Waals surface area contributed by atoms with Gasteiger partial charge in [0.1, 0.15) is 18.5 Å². The molecular formula is C29H35FN8O2S. The summed E-state index contributed by atoms with van der Waals surface area (Å²) in [7, 11) is 0. The lowest BCUT2D eigenvalue weighted by atomic mass is 10.0. The number of alkyl halides is 1. The molecule has 10 nitrogen and oxygen atoms in total. The van der Waals surface area contributed by atoms with Crippen molar-refractivity contribution in [2.24, 2.45) is 0 Å². The molecule has 12 heteroatoms. The topological polar surface area (TPSA) is 108 Å². The lowest BCUT2D eigenvalue weighted by Gasteiger charge is -2.40. The van der Waals surface area contributed by atoms with Gasteiger partial charge in [0.2, 0.25) is 5.91 Å². The maximum Gasteiger partial charge on any atom is 0.251 e. The van der Waals surface area contributed by atoms with Gasteiger partial charge in [0.15, 0.2) is 5.65 Å². The zero-order valence-corrected chi connectivity index (χ0v) is 24.3. The van der Waals surface area contributed by atoms with Crippen LogP contribution in [0.25, 0.3) is 27.5 Å². The fourth-order valence-electron chi connectivity index (χ4n) is 5.08. The number of aromatic nitrogens is 4. The molecule has 1 fully saturated rings. The number of carbonyl (C=O) groups excluding carboxylic acids is 2. The highest BCUT2D eigenvalue weighted by molar-refractivity contribution is 7.13. The fraction of sp³-hybridized carbons (Fsp3) is 0.414. The van der Waals surface area contributed by atoms with Crippen LogP contribution in [0.2, 0.25) is 0 Å². The number of nitrogens with one attached hydrogen (secondary N) is 2. The van der Waals surface area contributed by atoms with Crippen LogP contribution >= 0.6 is 11.3 Å². The smallest absolute Gasteiger partial charge is 0.251 e. The molecule has 2 atom stereocenters.